The van der Waals surface area contributed by atoms with E-state index in [9.17, 15) is 4.79 Å². The number of nitrogens with one attached hydrogen (secondary N) is 1. The molecule has 0 amide bonds. The highest BCUT2D eigenvalue weighted by molar-refractivity contribution is 5.74. The number of rotatable bonds is 7. The zero-order valence-corrected chi connectivity index (χ0v) is 13.0. The first kappa shape index (κ1) is 16.5. The maximum absolute atomic E-state index is 11.5. The molecule has 0 saturated heterocycles. The van der Waals surface area contributed by atoms with Gasteiger partial charge in [-0.15, -0.1) is 0 Å². The molecule has 0 aromatic heterocycles. The maximum atomic E-state index is 11.5. The average molecular weight is 279 g/mol. The van der Waals surface area contributed by atoms with Crippen LogP contribution in [-0.2, 0) is 9.53 Å². The fourth-order valence-electron chi connectivity index (χ4n) is 1.99. The van der Waals surface area contributed by atoms with Gasteiger partial charge in [-0.05, 0) is 39.8 Å². The Bertz CT molecular complexity index is 445. The summed E-state index contributed by atoms with van der Waals surface area (Å²) >= 11 is 0. The van der Waals surface area contributed by atoms with Gasteiger partial charge < -0.3 is 14.8 Å². The molecule has 1 aromatic rings. The average Bonchev–Trinajstić information content (AvgIpc) is 2.45. The lowest BCUT2D eigenvalue weighted by Crippen LogP contribution is -2.26. The summed E-state index contributed by atoms with van der Waals surface area (Å²) in [5.41, 5.74) is 2.23. The van der Waals surface area contributed by atoms with E-state index >= 15 is 0 Å². The molecule has 4 nitrogen and oxygen atoms in total. The molecular formula is C16H25NO3. The summed E-state index contributed by atoms with van der Waals surface area (Å²) in [6.07, 6.45) is 0.463. The third-order valence-corrected chi connectivity index (χ3v) is 3.17. The van der Waals surface area contributed by atoms with Crippen molar-refractivity contribution in [3.05, 3.63) is 29.3 Å². The summed E-state index contributed by atoms with van der Waals surface area (Å²) in [7, 11) is 1.36. The summed E-state index contributed by atoms with van der Waals surface area (Å²) < 4.78 is 10.4. The summed E-state index contributed by atoms with van der Waals surface area (Å²) in [6, 6.07) is 6.16. The summed E-state index contributed by atoms with van der Waals surface area (Å²) in [5.74, 6) is 0.357. The van der Waals surface area contributed by atoms with E-state index < -0.39 is 6.10 Å². The molecular weight excluding hydrogens is 254 g/mol. The smallest absolute Gasteiger partial charge is 0.346 e. The molecule has 0 aliphatic rings. The van der Waals surface area contributed by atoms with Gasteiger partial charge in [0.1, 0.15) is 5.75 Å². The van der Waals surface area contributed by atoms with Gasteiger partial charge in [0.25, 0.3) is 0 Å². The lowest BCUT2D eigenvalue weighted by atomic mass is 10.0. The van der Waals surface area contributed by atoms with Crippen LogP contribution in [-0.4, -0.2) is 25.7 Å². The Morgan fingerprint density at radius 2 is 2.05 bits per heavy atom. The van der Waals surface area contributed by atoms with Crippen LogP contribution in [0.2, 0.25) is 0 Å². The van der Waals surface area contributed by atoms with E-state index in [1.54, 1.807) is 6.92 Å². The van der Waals surface area contributed by atoms with Gasteiger partial charge in [0.15, 0.2) is 6.10 Å². The zero-order valence-electron chi connectivity index (χ0n) is 13.0. The molecule has 2 unspecified atom stereocenters. The van der Waals surface area contributed by atoms with E-state index in [1.165, 1.54) is 12.7 Å². The Balaban J connectivity index is 2.92. The molecule has 112 valence electrons. The number of carbonyl (C=O) groups excluding carboxylic acids is 1. The Morgan fingerprint density at radius 3 is 2.65 bits per heavy atom. The third kappa shape index (κ3) is 4.53. The van der Waals surface area contributed by atoms with Crippen LogP contribution in [0, 0.1) is 6.92 Å². The highest BCUT2D eigenvalue weighted by Crippen LogP contribution is 2.27. The predicted molar refractivity (Wildman–Crippen MR) is 80.0 cm³/mol. The SMILES string of the molecule is CCCNC(C)c1cc(C)ccc1OC(C)C(=O)OC. The van der Waals surface area contributed by atoms with Crippen LogP contribution in [0.3, 0.4) is 0 Å². The molecule has 20 heavy (non-hydrogen) atoms. The molecule has 1 rings (SSSR count). The number of methoxy groups -OCH3 is 1. The van der Waals surface area contributed by atoms with Gasteiger partial charge in [-0.2, -0.15) is 0 Å². The minimum absolute atomic E-state index is 0.176. The van der Waals surface area contributed by atoms with Gasteiger partial charge in [-0.25, -0.2) is 4.79 Å². The number of aryl methyl sites for hydroxylation is 1. The first-order valence-corrected chi connectivity index (χ1v) is 7.08. The van der Waals surface area contributed by atoms with E-state index in [0.717, 1.165) is 24.3 Å². The second-order valence-electron chi connectivity index (χ2n) is 5.00. The van der Waals surface area contributed by atoms with Crippen molar-refractivity contribution in [2.24, 2.45) is 0 Å². The van der Waals surface area contributed by atoms with Crippen LogP contribution in [0.15, 0.2) is 18.2 Å². The molecule has 0 bridgehead atoms. The van der Waals surface area contributed by atoms with Crippen molar-refractivity contribution in [2.75, 3.05) is 13.7 Å². The Morgan fingerprint density at radius 1 is 1.35 bits per heavy atom. The minimum atomic E-state index is -0.611. The van der Waals surface area contributed by atoms with Crippen molar-refractivity contribution >= 4 is 5.97 Å². The Labute approximate surface area is 121 Å². The molecule has 0 spiro atoms. The predicted octanol–water partition coefficient (Wildman–Crippen LogP) is 3.00. The zero-order chi connectivity index (χ0) is 15.1. The van der Waals surface area contributed by atoms with Crippen molar-refractivity contribution in [3.8, 4) is 5.75 Å². The largest absolute Gasteiger partial charge is 0.479 e. The number of benzene rings is 1. The van der Waals surface area contributed by atoms with E-state index in [0.29, 0.717) is 0 Å². The molecule has 1 N–H and O–H groups in total. The number of ether oxygens (including phenoxy) is 2. The fourth-order valence-corrected chi connectivity index (χ4v) is 1.99. The van der Waals surface area contributed by atoms with Crippen molar-refractivity contribution in [2.45, 2.75) is 46.3 Å². The van der Waals surface area contributed by atoms with Gasteiger partial charge >= 0.3 is 5.97 Å². The summed E-state index contributed by atoms with van der Waals surface area (Å²) in [5, 5.41) is 3.44. The van der Waals surface area contributed by atoms with Gasteiger partial charge in [0.2, 0.25) is 0 Å². The number of hydrogen-bond acceptors (Lipinski definition) is 4. The standard InChI is InChI=1S/C16H25NO3/c1-6-9-17-12(3)14-10-11(2)7-8-15(14)20-13(4)16(18)19-5/h7-8,10,12-13,17H,6,9H2,1-5H3. The minimum Gasteiger partial charge on any atom is -0.479 e. The van der Waals surface area contributed by atoms with Crippen LogP contribution in [0.25, 0.3) is 0 Å². The maximum Gasteiger partial charge on any atom is 0.346 e. The van der Waals surface area contributed by atoms with Crippen LogP contribution >= 0.6 is 0 Å². The lowest BCUT2D eigenvalue weighted by molar-refractivity contribution is -0.147. The summed E-state index contributed by atoms with van der Waals surface area (Å²) in [6.45, 7) is 8.91. The number of hydrogen-bond donors (Lipinski definition) is 1. The first-order chi connectivity index (χ1) is 9.49. The normalized spacial score (nSPS) is 13.7. The van der Waals surface area contributed by atoms with Crippen LogP contribution in [0.5, 0.6) is 5.75 Å². The molecule has 0 saturated carbocycles. The van der Waals surface area contributed by atoms with Crippen molar-refractivity contribution in [3.63, 3.8) is 0 Å². The van der Waals surface area contributed by atoms with Crippen LogP contribution < -0.4 is 10.1 Å². The molecule has 0 aliphatic carbocycles. The van der Waals surface area contributed by atoms with Crippen molar-refractivity contribution in [1.29, 1.82) is 0 Å². The molecule has 0 radical (unpaired) electrons. The fraction of sp³-hybridized carbons (Fsp3) is 0.562. The van der Waals surface area contributed by atoms with E-state index in [-0.39, 0.29) is 12.0 Å². The van der Waals surface area contributed by atoms with Crippen LogP contribution in [0.1, 0.15) is 44.4 Å². The molecule has 4 heteroatoms. The quantitative estimate of drug-likeness (QED) is 0.779. The number of esters is 1. The van der Waals surface area contributed by atoms with Crippen LogP contribution in [0.4, 0.5) is 0 Å². The highest BCUT2D eigenvalue weighted by atomic mass is 16.6. The van der Waals surface area contributed by atoms with Gasteiger partial charge in [0.05, 0.1) is 7.11 Å². The first-order valence-electron chi connectivity index (χ1n) is 7.08. The van der Waals surface area contributed by atoms with Gasteiger partial charge in [0, 0.05) is 11.6 Å². The van der Waals surface area contributed by atoms with Gasteiger partial charge in [-0.3, -0.25) is 0 Å². The highest BCUT2D eigenvalue weighted by Gasteiger charge is 2.18. The molecule has 0 heterocycles. The summed E-state index contributed by atoms with van der Waals surface area (Å²) in [4.78, 5) is 11.5. The topological polar surface area (TPSA) is 47.6 Å². The molecule has 0 fully saturated rings. The van der Waals surface area contributed by atoms with E-state index in [4.69, 9.17) is 9.47 Å². The lowest BCUT2D eigenvalue weighted by Gasteiger charge is -2.21. The number of carbonyl (C=O) groups is 1. The molecule has 0 aliphatic heterocycles. The van der Waals surface area contributed by atoms with Gasteiger partial charge in [-0.1, -0.05) is 24.6 Å². The Kier molecular flexibility index (Phi) is 6.52. The molecule has 2 atom stereocenters. The second-order valence-corrected chi connectivity index (χ2v) is 5.00. The van der Waals surface area contributed by atoms with Crippen molar-refractivity contribution in [1.82, 2.24) is 5.32 Å². The van der Waals surface area contributed by atoms with Crippen molar-refractivity contribution < 1.29 is 14.3 Å². The monoisotopic (exact) mass is 279 g/mol. The van der Waals surface area contributed by atoms with E-state index in [2.05, 4.69) is 25.2 Å². The molecule has 1 aromatic carbocycles. The third-order valence-electron chi connectivity index (χ3n) is 3.17. The second kappa shape index (κ2) is 7.90. The Hall–Kier alpha value is -1.55. The van der Waals surface area contributed by atoms with E-state index in [1.807, 2.05) is 19.1 Å².